The fraction of sp³-hybridized carbons (Fsp3) is 0.182. The number of rotatable bonds is 5. The highest BCUT2D eigenvalue weighted by Crippen LogP contribution is 2.28. The average molecular weight is 360 g/mol. The fourth-order valence-corrected chi connectivity index (χ4v) is 3.41. The third-order valence-corrected chi connectivity index (χ3v) is 4.87. The lowest BCUT2D eigenvalue weighted by atomic mass is 10.1. The van der Waals surface area contributed by atoms with Gasteiger partial charge >= 0.3 is 0 Å². The highest BCUT2D eigenvalue weighted by molar-refractivity contribution is 5.77. The maximum Gasteiger partial charge on any atom is 0.123 e. The summed E-state index contributed by atoms with van der Waals surface area (Å²) in [6.45, 7) is 5.80. The summed E-state index contributed by atoms with van der Waals surface area (Å²) in [5.41, 5.74) is 6.23. The largest absolute Gasteiger partial charge is 0.367 e. The van der Waals surface area contributed by atoms with Crippen LogP contribution in [-0.2, 0) is 6.54 Å². The Morgan fingerprint density at radius 1 is 0.963 bits per heavy atom. The molecule has 3 aromatic carbocycles. The number of para-hydroxylation sites is 1. The molecule has 4 nitrogen and oxygen atoms in total. The number of anilines is 1. The van der Waals surface area contributed by atoms with E-state index in [-0.39, 0.29) is 5.82 Å². The number of benzene rings is 3. The molecule has 136 valence electrons. The predicted octanol–water partition coefficient (Wildman–Crippen LogP) is 4.89. The van der Waals surface area contributed by atoms with E-state index in [1.165, 1.54) is 12.1 Å². The molecule has 0 atom stereocenters. The Bertz CT molecular complexity index is 1070. The van der Waals surface area contributed by atoms with Crippen molar-refractivity contribution in [2.75, 3.05) is 11.4 Å². The van der Waals surface area contributed by atoms with E-state index in [1.807, 2.05) is 47.1 Å². The van der Waals surface area contributed by atoms with Crippen LogP contribution < -0.4 is 4.90 Å². The van der Waals surface area contributed by atoms with E-state index < -0.39 is 0 Å². The number of hydrogen-bond donors (Lipinski definition) is 0. The van der Waals surface area contributed by atoms with Crippen LogP contribution in [0.15, 0.2) is 66.7 Å². The first kappa shape index (κ1) is 17.2. The predicted molar refractivity (Wildman–Crippen MR) is 107 cm³/mol. The molecule has 5 heteroatoms. The molecule has 1 heterocycles. The molecule has 4 aromatic rings. The lowest BCUT2D eigenvalue weighted by molar-refractivity contribution is 0.626. The molecule has 0 spiro atoms. The second-order valence-corrected chi connectivity index (χ2v) is 6.55. The summed E-state index contributed by atoms with van der Waals surface area (Å²) in [6, 6.07) is 20.9. The Morgan fingerprint density at radius 3 is 2.52 bits per heavy atom. The fourth-order valence-electron chi connectivity index (χ4n) is 3.41. The highest BCUT2D eigenvalue weighted by Gasteiger charge is 2.14. The van der Waals surface area contributed by atoms with Gasteiger partial charge in [0.25, 0.3) is 0 Å². The topological polar surface area (TPSA) is 34.0 Å². The van der Waals surface area contributed by atoms with Crippen molar-refractivity contribution in [2.24, 2.45) is 0 Å². The Kier molecular flexibility index (Phi) is 4.59. The van der Waals surface area contributed by atoms with Gasteiger partial charge in [-0.2, -0.15) is 0 Å². The molecular weight excluding hydrogens is 339 g/mol. The van der Waals surface area contributed by atoms with Gasteiger partial charge in [0.15, 0.2) is 0 Å². The van der Waals surface area contributed by atoms with Gasteiger partial charge in [-0.1, -0.05) is 35.5 Å². The monoisotopic (exact) mass is 360 g/mol. The van der Waals surface area contributed by atoms with Crippen molar-refractivity contribution in [1.82, 2.24) is 15.0 Å². The minimum absolute atomic E-state index is 0.210. The molecule has 0 saturated heterocycles. The zero-order valence-electron chi connectivity index (χ0n) is 15.4. The SMILES string of the molecule is CCN(Cc1ccc(F)cc1)c1cccc(-n2nnc3ccccc32)c1C. The van der Waals surface area contributed by atoms with Crippen LogP contribution in [0.1, 0.15) is 18.1 Å². The van der Waals surface area contributed by atoms with Crippen LogP contribution in [0.5, 0.6) is 0 Å². The zero-order chi connectivity index (χ0) is 18.8. The summed E-state index contributed by atoms with van der Waals surface area (Å²) < 4.78 is 15.1. The lowest BCUT2D eigenvalue weighted by Crippen LogP contribution is -2.23. The van der Waals surface area contributed by atoms with Crippen LogP contribution in [0.2, 0.25) is 0 Å². The van der Waals surface area contributed by atoms with Gasteiger partial charge in [0, 0.05) is 18.8 Å². The standard InChI is InChI=1S/C22H21FN4/c1-3-26(15-17-11-13-18(23)14-12-17)20-9-6-10-21(16(20)2)27-22-8-5-4-7-19(22)24-25-27/h4-14H,3,15H2,1-2H3. The third-order valence-electron chi connectivity index (χ3n) is 4.87. The number of nitrogens with zero attached hydrogens (tertiary/aromatic N) is 4. The van der Waals surface area contributed by atoms with Crippen LogP contribution in [-0.4, -0.2) is 21.5 Å². The Labute approximate surface area is 157 Å². The second-order valence-electron chi connectivity index (χ2n) is 6.55. The van der Waals surface area contributed by atoms with Crippen molar-refractivity contribution in [3.63, 3.8) is 0 Å². The van der Waals surface area contributed by atoms with Crippen LogP contribution in [0.25, 0.3) is 16.7 Å². The van der Waals surface area contributed by atoms with Crippen molar-refractivity contribution in [3.05, 3.63) is 83.7 Å². The number of hydrogen-bond acceptors (Lipinski definition) is 3. The summed E-state index contributed by atoms with van der Waals surface area (Å²) in [4.78, 5) is 2.28. The Hall–Kier alpha value is -3.21. The van der Waals surface area contributed by atoms with Gasteiger partial charge in [-0.15, -0.1) is 5.10 Å². The minimum atomic E-state index is -0.210. The van der Waals surface area contributed by atoms with Gasteiger partial charge in [-0.05, 0) is 61.4 Å². The molecule has 0 aliphatic rings. The number of aromatic nitrogens is 3. The van der Waals surface area contributed by atoms with E-state index in [0.29, 0.717) is 0 Å². The first-order chi connectivity index (χ1) is 13.2. The van der Waals surface area contributed by atoms with Crippen molar-refractivity contribution < 1.29 is 4.39 Å². The maximum absolute atomic E-state index is 13.2. The van der Waals surface area contributed by atoms with E-state index in [4.69, 9.17) is 0 Å². The Morgan fingerprint density at radius 2 is 1.74 bits per heavy atom. The molecule has 0 aliphatic carbocycles. The molecule has 0 radical (unpaired) electrons. The van der Waals surface area contributed by atoms with Gasteiger partial charge in [-0.3, -0.25) is 0 Å². The summed E-state index contributed by atoms with van der Waals surface area (Å²) in [5, 5.41) is 8.62. The number of fused-ring (bicyclic) bond motifs is 1. The molecule has 27 heavy (non-hydrogen) atoms. The molecule has 0 bridgehead atoms. The van der Waals surface area contributed by atoms with Crippen LogP contribution in [0, 0.1) is 12.7 Å². The molecule has 0 N–H and O–H groups in total. The van der Waals surface area contributed by atoms with Gasteiger partial charge in [0.2, 0.25) is 0 Å². The summed E-state index contributed by atoms with van der Waals surface area (Å²) >= 11 is 0. The molecule has 0 amide bonds. The molecular formula is C22H21FN4. The molecule has 0 saturated carbocycles. The smallest absolute Gasteiger partial charge is 0.123 e. The number of halogens is 1. The van der Waals surface area contributed by atoms with Crippen molar-refractivity contribution in [3.8, 4) is 5.69 Å². The van der Waals surface area contributed by atoms with Crippen LogP contribution in [0.4, 0.5) is 10.1 Å². The molecule has 4 rings (SSSR count). The first-order valence-electron chi connectivity index (χ1n) is 9.07. The third kappa shape index (κ3) is 3.28. The molecule has 1 aromatic heterocycles. The Balaban J connectivity index is 1.73. The highest BCUT2D eigenvalue weighted by atomic mass is 19.1. The molecule has 0 unspecified atom stereocenters. The molecule has 0 aliphatic heterocycles. The summed E-state index contributed by atoms with van der Waals surface area (Å²) in [7, 11) is 0. The zero-order valence-corrected chi connectivity index (χ0v) is 15.4. The van der Waals surface area contributed by atoms with E-state index in [0.717, 1.165) is 46.6 Å². The maximum atomic E-state index is 13.2. The summed E-state index contributed by atoms with van der Waals surface area (Å²) in [5.74, 6) is -0.210. The van der Waals surface area contributed by atoms with Gasteiger partial charge in [0.1, 0.15) is 11.3 Å². The first-order valence-corrected chi connectivity index (χ1v) is 9.07. The van der Waals surface area contributed by atoms with E-state index in [2.05, 4.69) is 41.2 Å². The molecule has 0 fully saturated rings. The van der Waals surface area contributed by atoms with Crippen LogP contribution in [0.3, 0.4) is 0 Å². The average Bonchev–Trinajstić information content (AvgIpc) is 3.12. The van der Waals surface area contributed by atoms with E-state index >= 15 is 0 Å². The lowest BCUT2D eigenvalue weighted by Gasteiger charge is -2.26. The normalized spacial score (nSPS) is 11.1. The van der Waals surface area contributed by atoms with Gasteiger partial charge < -0.3 is 4.90 Å². The van der Waals surface area contributed by atoms with Crippen molar-refractivity contribution >= 4 is 16.7 Å². The van der Waals surface area contributed by atoms with Crippen molar-refractivity contribution in [2.45, 2.75) is 20.4 Å². The van der Waals surface area contributed by atoms with E-state index in [1.54, 1.807) is 0 Å². The van der Waals surface area contributed by atoms with E-state index in [9.17, 15) is 4.39 Å². The van der Waals surface area contributed by atoms with Crippen LogP contribution >= 0.6 is 0 Å². The summed E-state index contributed by atoms with van der Waals surface area (Å²) in [6.07, 6.45) is 0. The van der Waals surface area contributed by atoms with Crippen molar-refractivity contribution in [1.29, 1.82) is 0 Å². The second kappa shape index (κ2) is 7.19. The minimum Gasteiger partial charge on any atom is -0.367 e. The quantitative estimate of drug-likeness (QED) is 0.508. The van der Waals surface area contributed by atoms with Gasteiger partial charge in [0.05, 0.1) is 11.2 Å². The van der Waals surface area contributed by atoms with Gasteiger partial charge in [-0.25, -0.2) is 9.07 Å².